The van der Waals surface area contributed by atoms with Crippen molar-refractivity contribution in [2.24, 2.45) is 5.41 Å². The minimum atomic E-state index is -0.471. The molecule has 2 aliphatic rings. The lowest BCUT2D eigenvalue weighted by molar-refractivity contribution is -0.105. The molecule has 1 saturated heterocycles. The molecule has 1 N–H and O–H groups in total. The van der Waals surface area contributed by atoms with Gasteiger partial charge in [-0.05, 0) is 93.9 Å². The van der Waals surface area contributed by atoms with Gasteiger partial charge in [-0.25, -0.2) is 4.79 Å². The fraction of sp³-hybridized carbons (Fsp3) is 0.615. The van der Waals surface area contributed by atoms with Crippen LogP contribution in [0.4, 0.5) is 10.5 Å². The van der Waals surface area contributed by atoms with E-state index >= 15 is 0 Å². The minimum absolute atomic E-state index is 0.214. The maximum absolute atomic E-state index is 12.5. The predicted octanol–water partition coefficient (Wildman–Crippen LogP) is 6.35. The fourth-order valence-corrected chi connectivity index (χ4v) is 4.53. The number of anilines is 1. The third-order valence-corrected chi connectivity index (χ3v) is 6.43. The summed E-state index contributed by atoms with van der Waals surface area (Å²) in [7, 11) is 0. The van der Waals surface area contributed by atoms with E-state index in [0.717, 1.165) is 62.7 Å². The summed E-state index contributed by atoms with van der Waals surface area (Å²) < 4.78 is 5.57. The van der Waals surface area contributed by atoms with Gasteiger partial charge in [0, 0.05) is 24.3 Å². The van der Waals surface area contributed by atoms with Crippen LogP contribution in [0.2, 0.25) is 0 Å². The molecule has 0 bridgehead atoms. The standard InChI is InChI=1S/C26H38N2O3/c1-25(2,3)31-24(30)28-15-6-7-19(12-16-28)21-8-9-23(27-18-29)22(17-21)20-10-13-26(4,5)14-11-20/h8-10,17-19H,6-7,11-16H2,1-5H3,(H,27,29). The number of hydrogen-bond acceptors (Lipinski definition) is 3. The molecule has 1 aliphatic carbocycles. The molecular weight excluding hydrogens is 388 g/mol. The number of hydrogen-bond donors (Lipinski definition) is 1. The van der Waals surface area contributed by atoms with Crippen molar-refractivity contribution in [2.75, 3.05) is 18.4 Å². The van der Waals surface area contributed by atoms with Crippen molar-refractivity contribution in [3.63, 3.8) is 0 Å². The van der Waals surface area contributed by atoms with Crippen LogP contribution in [0.15, 0.2) is 24.3 Å². The highest BCUT2D eigenvalue weighted by Crippen LogP contribution is 2.41. The maximum atomic E-state index is 12.5. The molecule has 0 aromatic heterocycles. The lowest BCUT2D eigenvalue weighted by atomic mass is 9.76. The highest BCUT2D eigenvalue weighted by Gasteiger charge is 2.27. The Balaban J connectivity index is 1.78. The Kier molecular flexibility index (Phi) is 7.13. The number of likely N-dealkylation sites (tertiary alicyclic amines) is 1. The molecule has 5 heteroatoms. The number of benzene rings is 1. The van der Waals surface area contributed by atoms with Crippen LogP contribution in [0.5, 0.6) is 0 Å². The van der Waals surface area contributed by atoms with Crippen molar-refractivity contribution >= 4 is 23.8 Å². The summed E-state index contributed by atoms with van der Waals surface area (Å²) in [6.07, 6.45) is 9.06. The van der Waals surface area contributed by atoms with Crippen LogP contribution in [-0.2, 0) is 9.53 Å². The second kappa shape index (κ2) is 9.46. The highest BCUT2D eigenvalue weighted by atomic mass is 16.6. The Hall–Kier alpha value is -2.30. The van der Waals surface area contributed by atoms with Crippen LogP contribution in [0.25, 0.3) is 5.57 Å². The molecule has 1 atom stereocenters. The van der Waals surface area contributed by atoms with Crippen LogP contribution < -0.4 is 5.32 Å². The first-order valence-electron chi connectivity index (χ1n) is 11.6. The normalized spacial score (nSPS) is 21.6. The Morgan fingerprint density at radius 1 is 1.23 bits per heavy atom. The Bertz CT molecular complexity index is 836. The van der Waals surface area contributed by atoms with Crippen molar-refractivity contribution in [3.8, 4) is 0 Å². The molecule has 1 unspecified atom stereocenters. The van der Waals surface area contributed by atoms with Gasteiger partial charge in [0.1, 0.15) is 5.60 Å². The predicted molar refractivity (Wildman–Crippen MR) is 126 cm³/mol. The van der Waals surface area contributed by atoms with E-state index in [-0.39, 0.29) is 6.09 Å². The van der Waals surface area contributed by atoms with E-state index in [1.54, 1.807) is 0 Å². The van der Waals surface area contributed by atoms with E-state index in [0.29, 0.717) is 17.9 Å². The highest BCUT2D eigenvalue weighted by molar-refractivity contribution is 5.83. The van der Waals surface area contributed by atoms with Gasteiger partial charge in [-0.15, -0.1) is 0 Å². The van der Waals surface area contributed by atoms with Crippen molar-refractivity contribution in [1.82, 2.24) is 4.90 Å². The molecule has 1 aromatic rings. The molecule has 5 nitrogen and oxygen atoms in total. The quantitative estimate of drug-likeness (QED) is 0.571. The van der Waals surface area contributed by atoms with E-state index in [4.69, 9.17) is 4.74 Å². The van der Waals surface area contributed by atoms with E-state index in [1.165, 1.54) is 11.1 Å². The van der Waals surface area contributed by atoms with Crippen molar-refractivity contribution < 1.29 is 14.3 Å². The number of carbonyl (C=O) groups excluding carboxylic acids is 2. The molecule has 3 rings (SSSR count). The van der Waals surface area contributed by atoms with Crippen LogP contribution >= 0.6 is 0 Å². The zero-order valence-corrected chi connectivity index (χ0v) is 19.8. The van der Waals surface area contributed by atoms with E-state index < -0.39 is 5.60 Å². The number of allylic oxidation sites excluding steroid dienone is 2. The Labute approximate surface area is 187 Å². The lowest BCUT2D eigenvalue weighted by Gasteiger charge is -2.29. The number of rotatable bonds is 4. The molecule has 0 saturated carbocycles. The summed E-state index contributed by atoms with van der Waals surface area (Å²) in [5, 5.41) is 2.89. The van der Waals surface area contributed by atoms with Crippen molar-refractivity contribution in [1.29, 1.82) is 0 Å². The first-order valence-corrected chi connectivity index (χ1v) is 11.6. The number of amides is 2. The summed E-state index contributed by atoms with van der Waals surface area (Å²) >= 11 is 0. The molecule has 1 aromatic carbocycles. The SMILES string of the molecule is CC1(C)CC=C(c2cc(C3CCCN(C(=O)OC(C)(C)C)CC3)ccc2NC=O)CC1. The summed E-state index contributed by atoms with van der Waals surface area (Å²) in [6.45, 7) is 11.8. The van der Waals surface area contributed by atoms with Crippen LogP contribution in [-0.4, -0.2) is 36.1 Å². The molecule has 0 radical (unpaired) electrons. The molecule has 1 fully saturated rings. The monoisotopic (exact) mass is 426 g/mol. The van der Waals surface area contributed by atoms with Gasteiger partial charge in [0.2, 0.25) is 6.41 Å². The third kappa shape index (κ3) is 6.34. The first kappa shape index (κ1) is 23.4. The van der Waals surface area contributed by atoms with Gasteiger partial charge < -0.3 is 15.0 Å². The van der Waals surface area contributed by atoms with E-state index in [9.17, 15) is 9.59 Å². The molecule has 2 amide bonds. The first-order chi connectivity index (χ1) is 14.6. The van der Waals surface area contributed by atoms with Gasteiger partial charge in [-0.2, -0.15) is 0 Å². The second-order valence-electron chi connectivity index (χ2n) is 10.8. The average Bonchev–Trinajstić information content (AvgIpc) is 2.94. The number of nitrogens with one attached hydrogen (secondary N) is 1. The van der Waals surface area contributed by atoms with Gasteiger partial charge in [-0.1, -0.05) is 26.0 Å². The summed E-state index contributed by atoms with van der Waals surface area (Å²) in [4.78, 5) is 25.5. The lowest BCUT2D eigenvalue weighted by Crippen LogP contribution is -2.37. The smallest absolute Gasteiger partial charge is 0.410 e. The molecule has 1 aliphatic heterocycles. The van der Waals surface area contributed by atoms with Crippen molar-refractivity contribution in [3.05, 3.63) is 35.4 Å². The molecule has 31 heavy (non-hydrogen) atoms. The molecule has 170 valence electrons. The van der Waals surface area contributed by atoms with Gasteiger partial charge in [0.15, 0.2) is 0 Å². The Morgan fingerprint density at radius 2 is 2.00 bits per heavy atom. The fourth-order valence-electron chi connectivity index (χ4n) is 4.53. The Morgan fingerprint density at radius 3 is 2.65 bits per heavy atom. The summed E-state index contributed by atoms with van der Waals surface area (Å²) in [5.74, 6) is 0.400. The van der Waals surface area contributed by atoms with E-state index in [2.05, 4.69) is 37.4 Å². The molecule has 1 heterocycles. The summed E-state index contributed by atoms with van der Waals surface area (Å²) in [5.41, 5.74) is 4.52. The van der Waals surface area contributed by atoms with Gasteiger partial charge in [0.05, 0.1) is 0 Å². The van der Waals surface area contributed by atoms with Crippen molar-refractivity contribution in [2.45, 2.75) is 84.7 Å². The van der Waals surface area contributed by atoms with Gasteiger partial charge >= 0.3 is 6.09 Å². The maximum Gasteiger partial charge on any atom is 0.410 e. The van der Waals surface area contributed by atoms with Crippen LogP contribution in [0.1, 0.15) is 90.2 Å². The van der Waals surface area contributed by atoms with Crippen LogP contribution in [0.3, 0.4) is 0 Å². The molecular formula is C26H38N2O3. The average molecular weight is 427 g/mol. The van der Waals surface area contributed by atoms with Gasteiger partial charge in [-0.3, -0.25) is 4.79 Å². The molecule has 0 spiro atoms. The second-order valence-corrected chi connectivity index (χ2v) is 10.8. The largest absolute Gasteiger partial charge is 0.444 e. The number of ether oxygens (including phenoxy) is 1. The van der Waals surface area contributed by atoms with Crippen LogP contribution in [0, 0.1) is 5.41 Å². The third-order valence-electron chi connectivity index (χ3n) is 6.43. The number of carbonyl (C=O) groups is 2. The summed E-state index contributed by atoms with van der Waals surface area (Å²) in [6, 6.07) is 6.44. The topological polar surface area (TPSA) is 58.6 Å². The zero-order chi connectivity index (χ0) is 22.6. The minimum Gasteiger partial charge on any atom is -0.444 e. The van der Waals surface area contributed by atoms with Gasteiger partial charge in [0.25, 0.3) is 0 Å². The van der Waals surface area contributed by atoms with E-state index in [1.807, 2.05) is 31.7 Å². The zero-order valence-electron chi connectivity index (χ0n) is 19.8. The number of nitrogens with zero attached hydrogens (tertiary/aromatic N) is 1.